The first-order valence-electron chi connectivity index (χ1n) is 7.43. The molecular formula is C18H13FN4S. The topological polar surface area (TPSA) is 95.2 Å². The Balaban J connectivity index is 2.24. The Morgan fingerprint density at radius 3 is 2.42 bits per heavy atom. The lowest BCUT2D eigenvalue weighted by molar-refractivity contribution is 0.378. The molecule has 118 valence electrons. The SMILES string of the molecule is N#CC1C(=N)C(C#N)(C#N)[C@@H](c2ccc(F)cc2)[C@@H]2CSCC=C12. The number of benzene rings is 1. The molecule has 1 aromatic rings. The van der Waals surface area contributed by atoms with E-state index in [1.165, 1.54) is 12.1 Å². The maximum atomic E-state index is 13.3. The number of nitriles is 3. The maximum absolute atomic E-state index is 13.3. The highest BCUT2D eigenvalue weighted by atomic mass is 32.2. The molecule has 1 heterocycles. The van der Waals surface area contributed by atoms with E-state index in [0.29, 0.717) is 11.3 Å². The van der Waals surface area contributed by atoms with Crippen molar-refractivity contribution in [1.82, 2.24) is 0 Å². The molecule has 2 aliphatic rings. The summed E-state index contributed by atoms with van der Waals surface area (Å²) in [6, 6.07) is 11.9. The standard InChI is InChI=1S/C18H13FN4S/c19-12-3-1-11(2-4-12)16-15-8-24-6-5-13(15)14(7-20)17(23)18(16,9-21)10-22/h1-5,14-16,23H,6,8H2/t14?,15-,16+/m1/s1. The van der Waals surface area contributed by atoms with Crippen LogP contribution in [0.25, 0.3) is 0 Å². The van der Waals surface area contributed by atoms with Crippen molar-refractivity contribution in [2.24, 2.45) is 17.3 Å². The van der Waals surface area contributed by atoms with Crippen LogP contribution >= 0.6 is 11.8 Å². The van der Waals surface area contributed by atoms with Crippen molar-refractivity contribution < 1.29 is 4.39 Å². The van der Waals surface area contributed by atoms with E-state index in [1.807, 2.05) is 18.2 Å². The predicted molar refractivity (Wildman–Crippen MR) is 88.5 cm³/mol. The van der Waals surface area contributed by atoms with E-state index in [0.717, 1.165) is 11.3 Å². The average Bonchev–Trinajstić information content (AvgIpc) is 2.62. The quantitative estimate of drug-likeness (QED) is 0.795. The summed E-state index contributed by atoms with van der Waals surface area (Å²) in [5.74, 6) is -0.583. The summed E-state index contributed by atoms with van der Waals surface area (Å²) >= 11 is 1.67. The second-order valence-corrected chi connectivity index (χ2v) is 6.96. The molecule has 0 amide bonds. The van der Waals surface area contributed by atoms with Crippen LogP contribution in [0.4, 0.5) is 4.39 Å². The van der Waals surface area contributed by atoms with Crippen molar-refractivity contribution in [3.63, 3.8) is 0 Å². The van der Waals surface area contributed by atoms with Crippen LogP contribution in [-0.4, -0.2) is 17.2 Å². The van der Waals surface area contributed by atoms with E-state index >= 15 is 0 Å². The molecule has 6 heteroatoms. The second kappa shape index (κ2) is 6.11. The monoisotopic (exact) mass is 336 g/mol. The van der Waals surface area contributed by atoms with Gasteiger partial charge in [0.2, 0.25) is 0 Å². The molecule has 1 unspecified atom stereocenters. The van der Waals surface area contributed by atoms with Gasteiger partial charge >= 0.3 is 0 Å². The Morgan fingerprint density at radius 1 is 1.17 bits per heavy atom. The molecule has 4 nitrogen and oxygen atoms in total. The second-order valence-electron chi connectivity index (χ2n) is 5.88. The van der Waals surface area contributed by atoms with Gasteiger partial charge < -0.3 is 5.41 Å². The zero-order valence-electron chi connectivity index (χ0n) is 12.7. The van der Waals surface area contributed by atoms with Gasteiger partial charge in [-0.15, -0.1) is 0 Å². The van der Waals surface area contributed by atoms with E-state index < -0.39 is 23.1 Å². The molecule has 3 rings (SSSR count). The third-order valence-corrected chi connectivity index (χ3v) is 5.79. The largest absolute Gasteiger partial charge is 0.305 e. The van der Waals surface area contributed by atoms with Crippen LogP contribution < -0.4 is 0 Å². The highest BCUT2D eigenvalue weighted by Crippen LogP contribution is 2.54. The summed E-state index contributed by atoms with van der Waals surface area (Å²) in [6.45, 7) is 0. The van der Waals surface area contributed by atoms with Crippen molar-refractivity contribution in [3.8, 4) is 18.2 Å². The van der Waals surface area contributed by atoms with E-state index in [-0.39, 0.29) is 11.6 Å². The molecular weight excluding hydrogens is 323 g/mol. The van der Waals surface area contributed by atoms with Gasteiger partial charge in [0.05, 0.1) is 23.9 Å². The molecule has 1 N–H and O–H groups in total. The van der Waals surface area contributed by atoms with E-state index in [2.05, 4.69) is 6.07 Å². The summed E-state index contributed by atoms with van der Waals surface area (Å²) in [4.78, 5) is 0. The first-order valence-corrected chi connectivity index (χ1v) is 8.58. The number of allylic oxidation sites excluding steroid dienone is 1. The van der Waals surface area contributed by atoms with Crippen molar-refractivity contribution in [2.75, 3.05) is 11.5 Å². The fraction of sp³-hybridized carbons (Fsp3) is 0.333. The third kappa shape index (κ3) is 2.21. The zero-order chi connectivity index (χ0) is 17.3. The van der Waals surface area contributed by atoms with Gasteiger partial charge in [-0.05, 0) is 23.3 Å². The van der Waals surface area contributed by atoms with Crippen molar-refractivity contribution >= 4 is 17.5 Å². The lowest BCUT2D eigenvalue weighted by atomic mass is 9.55. The molecule has 0 saturated heterocycles. The summed E-state index contributed by atoms with van der Waals surface area (Å²) in [5, 5.41) is 37.5. The molecule has 1 aliphatic carbocycles. The van der Waals surface area contributed by atoms with Crippen LogP contribution in [0.2, 0.25) is 0 Å². The van der Waals surface area contributed by atoms with Gasteiger partial charge in [-0.25, -0.2) is 4.39 Å². The minimum atomic E-state index is -1.71. The zero-order valence-corrected chi connectivity index (χ0v) is 13.5. The Bertz CT molecular complexity index is 824. The number of halogens is 1. The van der Waals surface area contributed by atoms with Gasteiger partial charge in [0.25, 0.3) is 0 Å². The Hall–Kier alpha value is -2.62. The molecule has 0 radical (unpaired) electrons. The fourth-order valence-corrected chi connectivity index (χ4v) is 4.74. The van der Waals surface area contributed by atoms with Gasteiger partial charge in [0.1, 0.15) is 11.7 Å². The number of nitrogens with zero attached hydrogens (tertiary/aromatic N) is 3. The van der Waals surface area contributed by atoms with Crippen LogP contribution in [0.15, 0.2) is 35.9 Å². The van der Waals surface area contributed by atoms with Crippen LogP contribution in [0.1, 0.15) is 11.5 Å². The molecule has 3 atom stereocenters. The Labute approximate surface area is 143 Å². The number of nitrogens with one attached hydrogen (secondary N) is 1. The minimum absolute atomic E-state index is 0.168. The van der Waals surface area contributed by atoms with Crippen LogP contribution in [0, 0.1) is 62.5 Å². The summed E-state index contributed by atoms with van der Waals surface area (Å²) in [6.07, 6.45) is 1.94. The minimum Gasteiger partial charge on any atom is -0.305 e. The molecule has 1 saturated carbocycles. The lowest BCUT2D eigenvalue weighted by Crippen LogP contribution is -2.49. The third-order valence-electron chi connectivity index (χ3n) is 4.79. The van der Waals surface area contributed by atoms with Gasteiger partial charge in [-0.2, -0.15) is 27.5 Å². The molecule has 1 fully saturated rings. The summed E-state index contributed by atoms with van der Waals surface area (Å²) in [5.41, 5.74) is -0.410. The molecule has 1 aromatic carbocycles. The molecule has 0 spiro atoms. The molecule has 0 aromatic heterocycles. The van der Waals surface area contributed by atoms with Crippen molar-refractivity contribution in [1.29, 1.82) is 21.2 Å². The molecule has 1 aliphatic heterocycles. The number of rotatable bonds is 1. The Kier molecular flexibility index (Phi) is 4.14. The van der Waals surface area contributed by atoms with Crippen LogP contribution in [0.3, 0.4) is 0 Å². The first-order chi connectivity index (χ1) is 11.6. The van der Waals surface area contributed by atoms with E-state index in [4.69, 9.17) is 5.41 Å². The number of hydrogen-bond donors (Lipinski definition) is 1. The highest BCUT2D eigenvalue weighted by Gasteiger charge is 2.57. The highest BCUT2D eigenvalue weighted by molar-refractivity contribution is 7.99. The van der Waals surface area contributed by atoms with Crippen molar-refractivity contribution in [3.05, 3.63) is 47.3 Å². The number of hydrogen-bond acceptors (Lipinski definition) is 5. The predicted octanol–water partition coefficient (Wildman–Crippen LogP) is 3.41. The normalized spacial score (nSPS) is 27.8. The van der Waals surface area contributed by atoms with Gasteiger partial charge in [0, 0.05) is 23.3 Å². The molecule has 24 heavy (non-hydrogen) atoms. The van der Waals surface area contributed by atoms with Crippen LogP contribution in [-0.2, 0) is 0 Å². The van der Waals surface area contributed by atoms with Crippen molar-refractivity contribution in [2.45, 2.75) is 5.92 Å². The summed E-state index contributed by atoms with van der Waals surface area (Å²) < 4.78 is 13.3. The van der Waals surface area contributed by atoms with Gasteiger partial charge in [0.15, 0.2) is 5.41 Å². The summed E-state index contributed by atoms with van der Waals surface area (Å²) in [7, 11) is 0. The van der Waals surface area contributed by atoms with E-state index in [1.54, 1.807) is 23.9 Å². The van der Waals surface area contributed by atoms with Crippen LogP contribution in [0.5, 0.6) is 0 Å². The average molecular weight is 336 g/mol. The smallest absolute Gasteiger partial charge is 0.189 e. The fourth-order valence-electron chi connectivity index (χ4n) is 3.66. The van der Waals surface area contributed by atoms with E-state index in [9.17, 15) is 20.2 Å². The number of thioether (sulfide) groups is 1. The van der Waals surface area contributed by atoms with Gasteiger partial charge in [-0.1, -0.05) is 18.2 Å². The van der Waals surface area contributed by atoms with Gasteiger partial charge in [-0.3, -0.25) is 0 Å². The first kappa shape index (κ1) is 16.2. The Morgan fingerprint density at radius 2 is 1.83 bits per heavy atom. The maximum Gasteiger partial charge on any atom is 0.189 e. The number of fused-ring (bicyclic) bond motifs is 1. The molecule has 0 bridgehead atoms. The lowest BCUT2D eigenvalue weighted by Gasteiger charge is -2.45.